The topological polar surface area (TPSA) is 130 Å². The van der Waals surface area contributed by atoms with E-state index in [1.165, 1.54) is 18.3 Å². The van der Waals surface area contributed by atoms with Gasteiger partial charge in [0.2, 0.25) is 10.0 Å². The van der Waals surface area contributed by atoms with Crippen LogP contribution in [0.4, 0.5) is 0 Å². The first-order valence-electron chi connectivity index (χ1n) is 8.46. The second-order valence-corrected chi connectivity index (χ2v) is 9.67. The van der Waals surface area contributed by atoms with Crippen molar-refractivity contribution in [1.29, 1.82) is 0 Å². The van der Waals surface area contributed by atoms with Gasteiger partial charge in [-0.3, -0.25) is 9.59 Å². The van der Waals surface area contributed by atoms with E-state index < -0.39 is 27.4 Å². The highest BCUT2D eigenvalue weighted by atomic mass is 79.9. The fourth-order valence-electron chi connectivity index (χ4n) is 2.02. The van der Waals surface area contributed by atoms with E-state index in [4.69, 9.17) is 4.42 Å². The van der Waals surface area contributed by atoms with E-state index in [9.17, 15) is 18.0 Å². The zero-order valence-electron chi connectivity index (χ0n) is 16.0. The van der Waals surface area contributed by atoms with Crippen LogP contribution in [0, 0.1) is 0 Å². The van der Waals surface area contributed by atoms with E-state index in [-0.39, 0.29) is 17.2 Å². The third-order valence-electron chi connectivity index (χ3n) is 3.30. The summed E-state index contributed by atoms with van der Waals surface area (Å²) in [7, 11) is -3.68. The van der Waals surface area contributed by atoms with Gasteiger partial charge in [0.1, 0.15) is 11.5 Å². The first-order valence-corrected chi connectivity index (χ1v) is 10.7. The van der Waals surface area contributed by atoms with Gasteiger partial charge in [-0.05, 0) is 57.2 Å². The van der Waals surface area contributed by atoms with Crippen LogP contribution < -0.4 is 15.5 Å². The minimum Gasteiger partial charge on any atom is -0.459 e. The van der Waals surface area contributed by atoms with Crippen molar-refractivity contribution in [3.8, 4) is 0 Å². The minimum atomic E-state index is -3.68. The summed E-state index contributed by atoms with van der Waals surface area (Å²) < 4.78 is 33.1. The number of sulfonamides is 1. The molecule has 0 saturated heterocycles. The Hall–Kier alpha value is -2.50. The molecule has 1 aromatic carbocycles. The number of nitrogens with one attached hydrogen (secondary N) is 3. The zero-order valence-corrected chi connectivity index (χ0v) is 18.4. The van der Waals surface area contributed by atoms with Crippen molar-refractivity contribution < 1.29 is 22.4 Å². The van der Waals surface area contributed by atoms with Gasteiger partial charge < -0.3 is 9.73 Å². The van der Waals surface area contributed by atoms with Crippen molar-refractivity contribution >= 4 is 44.0 Å². The van der Waals surface area contributed by atoms with Gasteiger partial charge in [-0.15, -0.1) is 0 Å². The smallest absolute Gasteiger partial charge is 0.329 e. The fourth-order valence-corrected chi connectivity index (χ4v) is 3.28. The summed E-state index contributed by atoms with van der Waals surface area (Å²) in [6, 6.07) is 9.34. The van der Waals surface area contributed by atoms with Crippen molar-refractivity contribution in [3.05, 3.63) is 52.4 Å². The predicted octanol–water partition coefficient (Wildman–Crippen LogP) is 1.89. The number of hydrazone groups is 1. The highest BCUT2D eigenvalue weighted by Crippen LogP contribution is 2.15. The first kappa shape index (κ1) is 22.8. The molecule has 1 heterocycles. The van der Waals surface area contributed by atoms with E-state index in [1.54, 1.807) is 45.0 Å². The van der Waals surface area contributed by atoms with Crippen molar-refractivity contribution in [2.45, 2.75) is 37.8 Å². The summed E-state index contributed by atoms with van der Waals surface area (Å²) in [6.07, 6.45) is 1.20. The minimum absolute atomic E-state index is 0.0629. The van der Waals surface area contributed by atoms with Gasteiger partial charge in [-0.1, -0.05) is 15.9 Å². The van der Waals surface area contributed by atoms with Gasteiger partial charge in [0.25, 0.3) is 0 Å². The molecule has 2 amide bonds. The summed E-state index contributed by atoms with van der Waals surface area (Å²) >= 11 is 3.25. The molecule has 9 nitrogen and oxygen atoms in total. The molecule has 0 aliphatic heterocycles. The molecule has 0 bridgehead atoms. The summed E-state index contributed by atoms with van der Waals surface area (Å²) in [5, 5.41) is 6.15. The second kappa shape index (κ2) is 9.33. The molecule has 0 radical (unpaired) electrons. The summed E-state index contributed by atoms with van der Waals surface area (Å²) in [5.74, 6) is -1.09. The van der Waals surface area contributed by atoms with Crippen LogP contribution in [0.5, 0.6) is 0 Å². The summed E-state index contributed by atoms with van der Waals surface area (Å²) in [4.78, 5) is 23.4. The quantitative estimate of drug-likeness (QED) is 0.327. The standard InChI is InChI=1S/C18H21BrN4O5S/c1-18(2,3)22-16(24)17(25)23-20-10-13-6-7-14(28-13)11-21-29(26,27)15-8-4-12(19)5-9-15/h4-10,21H,11H2,1-3H3,(H,22,24)(H,23,25)/b20-10+. The lowest BCUT2D eigenvalue weighted by Crippen LogP contribution is -2.47. The van der Waals surface area contributed by atoms with Gasteiger partial charge in [-0.2, -0.15) is 5.10 Å². The number of carbonyl (C=O) groups is 2. The van der Waals surface area contributed by atoms with Crippen LogP contribution >= 0.6 is 15.9 Å². The van der Waals surface area contributed by atoms with Gasteiger partial charge in [0.15, 0.2) is 0 Å². The third-order valence-corrected chi connectivity index (χ3v) is 5.24. The Balaban J connectivity index is 1.89. The molecule has 156 valence electrons. The Morgan fingerprint density at radius 3 is 2.38 bits per heavy atom. The number of benzene rings is 1. The average Bonchev–Trinajstić information content (AvgIpc) is 3.07. The van der Waals surface area contributed by atoms with E-state index in [2.05, 4.69) is 36.5 Å². The molecule has 0 saturated carbocycles. The maximum absolute atomic E-state index is 12.3. The highest BCUT2D eigenvalue weighted by molar-refractivity contribution is 9.10. The maximum Gasteiger partial charge on any atom is 0.329 e. The Morgan fingerprint density at radius 1 is 1.10 bits per heavy atom. The summed E-state index contributed by atoms with van der Waals surface area (Å²) in [5.41, 5.74) is 1.54. The number of halogens is 1. The van der Waals surface area contributed by atoms with Crippen molar-refractivity contribution in [2.75, 3.05) is 0 Å². The van der Waals surface area contributed by atoms with E-state index in [0.717, 1.165) is 4.47 Å². The summed E-state index contributed by atoms with van der Waals surface area (Å²) in [6.45, 7) is 5.18. The number of amides is 2. The van der Waals surface area contributed by atoms with Crippen molar-refractivity contribution in [1.82, 2.24) is 15.5 Å². The molecule has 0 aliphatic carbocycles. The molecule has 0 aliphatic rings. The molecule has 0 unspecified atom stereocenters. The molecule has 11 heteroatoms. The van der Waals surface area contributed by atoms with E-state index >= 15 is 0 Å². The number of rotatable bonds is 6. The lowest BCUT2D eigenvalue weighted by atomic mass is 10.1. The molecule has 29 heavy (non-hydrogen) atoms. The fraction of sp³-hybridized carbons (Fsp3) is 0.278. The number of carbonyl (C=O) groups excluding carboxylic acids is 2. The van der Waals surface area contributed by atoms with Gasteiger partial charge >= 0.3 is 11.8 Å². The first-order chi connectivity index (χ1) is 13.5. The highest BCUT2D eigenvalue weighted by Gasteiger charge is 2.19. The predicted molar refractivity (Wildman–Crippen MR) is 111 cm³/mol. The van der Waals surface area contributed by atoms with Crippen LogP contribution in [-0.4, -0.2) is 32.0 Å². The molecule has 2 rings (SSSR count). The molecule has 0 fully saturated rings. The third kappa shape index (κ3) is 7.44. The lowest BCUT2D eigenvalue weighted by Gasteiger charge is -2.19. The maximum atomic E-state index is 12.3. The van der Waals surface area contributed by atoms with Gasteiger partial charge in [0.05, 0.1) is 17.7 Å². The molecule has 1 aromatic heterocycles. The van der Waals surface area contributed by atoms with Crippen LogP contribution in [0.15, 0.2) is 55.3 Å². The SMILES string of the molecule is CC(C)(C)NC(=O)C(=O)N/N=C/c1ccc(CNS(=O)(=O)c2ccc(Br)cc2)o1. The molecule has 2 aromatic rings. The monoisotopic (exact) mass is 484 g/mol. The molecule has 0 spiro atoms. The Morgan fingerprint density at radius 2 is 1.76 bits per heavy atom. The van der Waals surface area contributed by atoms with Crippen LogP contribution in [0.25, 0.3) is 0 Å². The number of nitrogens with zero attached hydrogens (tertiary/aromatic N) is 1. The Kier molecular flexibility index (Phi) is 7.33. The average molecular weight is 485 g/mol. The van der Waals surface area contributed by atoms with E-state index in [1.807, 2.05) is 0 Å². The Bertz CT molecular complexity index is 1010. The molecular weight excluding hydrogens is 464 g/mol. The molecule has 0 atom stereocenters. The zero-order chi connectivity index (χ0) is 21.7. The van der Waals surface area contributed by atoms with Crippen molar-refractivity contribution in [3.63, 3.8) is 0 Å². The van der Waals surface area contributed by atoms with E-state index in [0.29, 0.717) is 5.76 Å². The normalized spacial score (nSPS) is 12.1. The van der Waals surface area contributed by atoms with Gasteiger partial charge in [0, 0.05) is 10.0 Å². The molecular formula is C18H21BrN4O5S. The number of hydrogen-bond donors (Lipinski definition) is 3. The van der Waals surface area contributed by atoms with Crippen LogP contribution in [0.2, 0.25) is 0 Å². The number of furan rings is 1. The van der Waals surface area contributed by atoms with Crippen LogP contribution in [0.1, 0.15) is 32.3 Å². The second-order valence-electron chi connectivity index (χ2n) is 6.99. The van der Waals surface area contributed by atoms with Crippen LogP contribution in [0.3, 0.4) is 0 Å². The molecule has 3 N–H and O–H groups in total. The number of hydrogen-bond acceptors (Lipinski definition) is 6. The lowest BCUT2D eigenvalue weighted by molar-refractivity contribution is -0.140. The largest absolute Gasteiger partial charge is 0.459 e. The Labute approximate surface area is 177 Å². The van der Waals surface area contributed by atoms with Gasteiger partial charge in [-0.25, -0.2) is 18.6 Å². The van der Waals surface area contributed by atoms with Crippen LogP contribution in [-0.2, 0) is 26.2 Å². The van der Waals surface area contributed by atoms with Crippen molar-refractivity contribution in [2.24, 2.45) is 5.10 Å².